The van der Waals surface area contributed by atoms with Gasteiger partial charge in [0.15, 0.2) is 6.10 Å². The lowest BCUT2D eigenvalue weighted by atomic mass is 10.0. The molecule has 9 heteroatoms. The first-order valence-electron chi connectivity index (χ1n) is 33.4. The van der Waals surface area contributed by atoms with Gasteiger partial charge < -0.3 is 28.5 Å². The van der Waals surface area contributed by atoms with Gasteiger partial charge in [0.2, 0.25) is 0 Å². The van der Waals surface area contributed by atoms with E-state index in [1.165, 1.54) is 173 Å². The molecule has 0 radical (unpaired) electrons. The van der Waals surface area contributed by atoms with Crippen LogP contribution >= 0.6 is 0 Å². The first-order valence-corrected chi connectivity index (χ1v) is 33.4. The van der Waals surface area contributed by atoms with Gasteiger partial charge in [-0.15, -0.1) is 0 Å². The zero-order valence-corrected chi connectivity index (χ0v) is 53.2. The lowest BCUT2D eigenvalue weighted by molar-refractivity contribution is -0.870. The molecule has 81 heavy (non-hydrogen) atoms. The Bertz CT molecular complexity index is 1650. The van der Waals surface area contributed by atoms with Crippen molar-refractivity contribution in [2.75, 3.05) is 47.5 Å². The Morgan fingerprint density at radius 3 is 1.05 bits per heavy atom. The van der Waals surface area contributed by atoms with Gasteiger partial charge in [-0.05, 0) is 96.3 Å². The maximum Gasteiger partial charge on any atom is 0.361 e. The smallest absolute Gasteiger partial charge is 0.361 e. The largest absolute Gasteiger partial charge is 0.477 e. The van der Waals surface area contributed by atoms with Gasteiger partial charge in [-0.3, -0.25) is 9.59 Å². The van der Waals surface area contributed by atoms with Gasteiger partial charge >= 0.3 is 17.9 Å². The van der Waals surface area contributed by atoms with Gasteiger partial charge in [-0.1, -0.05) is 272 Å². The summed E-state index contributed by atoms with van der Waals surface area (Å²) in [6.45, 7) is 4.75. The van der Waals surface area contributed by atoms with Crippen LogP contribution in [0.3, 0.4) is 0 Å². The molecule has 0 aromatic rings. The number of carboxylic acid groups (broad SMARTS) is 1. The molecule has 466 valence electrons. The number of carbonyl (C=O) groups is 3. The number of esters is 2. The molecule has 0 aromatic carbocycles. The van der Waals surface area contributed by atoms with E-state index >= 15 is 0 Å². The summed E-state index contributed by atoms with van der Waals surface area (Å²) in [5.41, 5.74) is 0. The number of carboxylic acids is 1. The number of carbonyl (C=O) groups excluding carboxylic acids is 2. The second-order valence-electron chi connectivity index (χ2n) is 23.4. The molecule has 0 aliphatic heterocycles. The van der Waals surface area contributed by atoms with Crippen molar-refractivity contribution in [3.8, 4) is 0 Å². The van der Waals surface area contributed by atoms with Crippen molar-refractivity contribution >= 4 is 17.9 Å². The second kappa shape index (κ2) is 62.3. The molecular formula is C72H126NO8+. The molecule has 2 atom stereocenters. The molecule has 0 aliphatic rings. The summed E-state index contributed by atoms with van der Waals surface area (Å²) in [6, 6.07) is 0. The number of ether oxygens (including phenoxy) is 4. The van der Waals surface area contributed by atoms with Crippen molar-refractivity contribution in [2.45, 2.75) is 296 Å². The Hall–Kier alpha value is -3.79. The van der Waals surface area contributed by atoms with Crippen LogP contribution in [-0.4, -0.2) is 87.4 Å². The van der Waals surface area contributed by atoms with E-state index < -0.39 is 24.3 Å². The number of quaternary nitrogens is 1. The van der Waals surface area contributed by atoms with Crippen molar-refractivity contribution in [1.82, 2.24) is 0 Å². The fourth-order valence-electron chi connectivity index (χ4n) is 9.23. The van der Waals surface area contributed by atoms with Crippen molar-refractivity contribution in [1.29, 1.82) is 0 Å². The van der Waals surface area contributed by atoms with Gasteiger partial charge in [0.1, 0.15) is 13.2 Å². The van der Waals surface area contributed by atoms with Crippen LogP contribution in [0.2, 0.25) is 0 Å². The third-order valence-corrected chi connectivity index (χ3v) is 14.3. The quantitative estimate of drug-likeness (QED) is 0.0211. The van der Waals surface area contributed by atoms with Crippen molar-refractivity contribution in [2.24, 2.45) is 0 Å². The average Bonchev–Trinajstić information content (AvgIpc) is 3.44. The molecular weight excluding hydrogens is 1010 g/mol. The van der Waals surface area contributed by atoms with E-state index in [0.29, 0.717) is 17.4 Å². The highest BCUT2D eigenvalue weighted by molar-refractivity contribution is 5.71. The third-order valence-electron chi connectivity index (χ3n) is 14.3. The first kappa shape index (κ1) is 77.2. The highest BCUT2D eigenvalue weighted by Crippen LogP contribution is 2.17. The predicted molar refractivity (Wildman–Crippen MR) is 345 cm³/mol. The average molecular weight is 1130 g/mol. The zero-order chi connectivity index (χ0) is 59.1. The Morgan fingerprint density at radius 1 is 0.383 bits per heavy atom. The minimum absolute atomic E-state index is 0.185. The molecule has 0 heterocycles. The number of unbranched alkanes of at least 4 members (excludes halogenated alkanes) is 30. The standard InChI is InChI=1S/C72H125NO8/c1-6-8-10-12-14-16-18-20-22-24-26-27-28-29-30-31-32-33-34-35-36-37-38-39-40-41-42-43-45-47-49-51-53-55-57-59-61-63-70(75)81-68(67-80-72(71(76)77)78-65-64-73(3,4)5)66-79-69(74)62-60-58-56-54-52-50-48-46-44-25-23-21-19-17-15-13-11-9-7-2/h8,10,14-17,20-23,26-27,29-30,32-33,68,72H,6-7,9,11-13,18-19,24-25,28,31,34-67H2,1-5H3/p+1/b10-8-,16-14-,17-15-,22-20-,23-21-,27-26-,30-29-,33-32-. The summed E-state index contributed by atoms with van der Waals surface area (Å²) in [5.74, 6) is -2.00. The third kappa shape index (κ3) is 63.6. The predicted octanol–water partition coefficient (Wildman–Crippen LogP) is 20.5. The van der Waals surface area contributed by atoms with Gasteiger partial charge in [-0.25, -0.2) is 4.79 Å². The van der Waals surface area contributed by atoms with Gasteiger partial charge in [0, 0.05) is 12.8 Å². The molecule has 0 saturated heterocycles. The number of allylic oxidation sites excluding steroid dienone is 16. The van der Waals surface area contributed by atoms with E-state index in [4.69, 9.17) is 18.9 Å². The Morgan fingerprint density at radius 2 is 0.704 bits per heavy atom. The lowest BCUT2D eigenvalue weighted by Gasteiger charge is -2.25. The number of hydrogen-bond donors (Lipinski definition) is 1. The summed E-state index contributed by atoms with van der Waals surface area (Å²) < 4.78 is 22.9. The summed E-state index contributed by atoms with van der Waals surface area (Å²) in [6.07, 6.45) is 82.2. The van der Waals surface area contributed by atoms with Gasteiger partial charge in [0.25, 0.3) is 6.29 Å². The monoisotopic (exact) mass is 1130 g/mol. The maximum absolute atomic E-state index is 12.9. The lowest BCUT2D eigenvalue weighted by Crippen LogP contribution is -2.40. The summed E-state index contributed by atoms with van der Waals surface area (Å²) >= 11 is 0. The van der Waals surface area contributed by atoms with Crippen LogP contribution in [0.4, 0.5) is 0 Å². The topological polar surface area (TPSA) is 108 Å². The van der Waals surface area contributed by atoms with Crippen LogP contribution in [0.15, 0.2) is 97.2 Å². The van der Waals surface area contributed by atoms with Gasteiger partial charge in [-0.2, -0.15) is 0 Å². The summed E-state index contributed by atoms with van der Waals surface area (Å²) in [7, 11) is 5.97. The fourth-order valence-corrected chi connectivity index (χ4v) is 9.23. The van der Waals surface area contributed by atoms with Crippen LogP contribution in [0.25, 0.3) is 0 Å². The van der Waals surface area contributed by atoms with E-state index in [-0.39, 0.29) is 32.2 Å². The highest BCUT2D eigenvalue weighted by Gasteiger charge is 2.25. The molecule has 9 nitrogen and oxygen atoms in total. The molecule has 0 fully saturated rings. The highest BCUT2D eigenvalue weighted by atomic mass is 16.7. The number of hydrogen-bond acceptors (Lipinski definition) is 7. The number of likely N-dealkylation sites (N-methyl/N-ethyl adjacent to an activating group) is 1. The Balaban J connectivity index is 4.07. The minimum atomic E-state index is -1.51. The second-order valence-corrected chi connectivity index (χ2v) is 23.4. The molecule has 0 bridgehead atoms. The van der Waals surface area contributed by atoms with E-state index in [0.717, 1.165) is 83.5 Å². The van der Waals surface area contributed by atoms with Crippen molar-refractivity contribution < 1.29 is 42.9 Å². The van der Waals surface area contributed by atoms with Gasteiger partial charge in [0.05, 0.1) is 34.4 Å². The normalized spacial score (nSPS) is 13.3. The van der Waals surface area contributed by atoms with E-state index in [1.54, 1.807) is 0 Å². The van der Waals surface area contributed by atoms with Crippen molar-refractivity contribution in [3.63, 3.8) is 0 Å². The minimum Gasteiger partial charge on any atom is -0.477 e. The van der Waals surface area contributed by atoms with Crippen LogP contribution in [0.5, 0.6) is 0 Å². The fraction of sp³-hybridized carbons (Fsp3) is 0.736. The SMILES string of the molecule is CC/C=C\C/C=C\C/C=C\C/C=C\C/C=C\C/C=C\CCCCCCCCCCCCCCCCCCCCC(=O)OC(COC(=O)CCCCCCCCCCC/C=C\C/C=C\CCCCC)COC(OCC[N+](C)(C)C)C(=O)O. The van der Waals surface area contributed by atoms with E-state index in [9.17, 15) is 19.5 Å². The number of nitrogens with zero attached hydrogens (tertiary/aromatic N) is 1. The maximum atomic E-state index is 12.9. The molecule has 0 saturated carbocycles. The number of aliphatic carboxylic acids is 1. The zero-order valence-electron chi connectivity index (χ0n) is 53.2. The Kier molecular flexibility index (Phi) is 59.3. The van der Waals surface area contributed by atoms with E-state index in [2.05, 4.69) is 111 Å². The molecule has 1 N–H and O–H groups in total. The first-order chi connectivity index (χ1) is 39.6. The van der Waals surface area contributed by atoms with Crippen LogP contribution in [-0.2, 0) is 33.3 Å². The molecule has 0 aromatic heterocycles. The Labute approximate surface area is 499 Å². The summed E-state index contributed by atoms with van der Waals surface area (Å²) in [4.78, 5) is 37.5. The van der Waals surface area contributed by atoms with Crippen LogP contribution in [0, 0.1) is 0 Å². The molecule has 0 rings (SSSR count). The number of rotatable bonds is 61. The molecule has 0 aliphatic carbocycles. The van der Waals surface area contributed by atoms with E-state index in [1.807, 2.05) is 21.1 Å². The molecule has 2 unspecified atom stereocenters. The van der Waals surface area contributed by atoms with Crippen LogP contribution in [0.1, 0.15) is 284 Å². The molecule has 0 amide bonds. The summed E-state index contributed by atoms with van der Waals surface area (Å²) in [5, 5.41) is 9.73. The molecule has 0 spiro atoms. The van der Waals surface area contributed by atoms with Crippen molar-refractivity contribution in [3.05, 3.63) is 97.2 Å². The van der Waals surface area contributed by atoms with Crippen LogP contribution < -0.4 is 0 Å².